The maximum absolute atomic E-state index is 8.52. The van der Waals surface area contributed by atoms with Crippen LogP contribution in [0.5, 0.6) is 0 Å². The first-order chi connectivity index (χ1) is 3.46. The zero-order valence-corrected chi connectivity index (χ0v) is 13.8. The molecule has 0 aliphatic heterocycles. The average Bonchev–Trinajstić information content (AvgIpc) is 1.25. The second-order valence-electron chi connectivity index (χ2n) is 0.500. The first kappa shape index (κ1) is 45.7. The van der Waals surface area contributed by atoms with Gasteiger partial charge in [0, 0.05) is 35.2 Å². The molecular formula is B2BaLi2O6Si2. The second-order valence-corrected chi connectivity index (χ2v) is 1.50. The molecule has 6 radical (unpaired) electrons. The minimum Gasteiger partial charge on any atom is -0.672 e. The van der Waals surface area contributed by atoms with E-state index in [1.807, 2.05) is 0 Å². The van der Waals surface area contributed by atoms with Crippen LogP contribution < -0.4 is 56.9 Å². The quantitative estimate of drug-likeness (QED) is 0.407. The average molecular weight is 325 g/mol. The minimum atomic E-state index is -3.63. The van der Waals surface area contributed by atoms with Crippen LogP contribution in [-0.4, -0.2) is 84.0 Å². The summed E-state index contributed by atoms with van der Waals surface area (Å²) in [6, 6.07) is 0. The third-order valence-electron chi connectivity index (χ3n) is 0. The molecule has 0 amide bonds. The molecule has 0 heterocycles. The van der Waals surface area contributed by atoms with Crippen molar-refractivity contribution in [1.82, 2.24) is 0 Å². The van der Waals surface area contributed by atoms with Crippen LogP contribution in [0.4, 0.5) is 0 Å². The van der Waals surface area contributed by atoms with Gasteiger partial charge in [0.25, 0.3) is 0 Å². The molecule has 0 aliphatic carbocycles. The van der Waals surface area contributed by atoms with Gasteiger partial charge in [-0.25, -0.2) is 0 Å². The fourth-order valence-corrected chi connectivity index (χ4v) is 0. The predicted octanol–water partition coefficient (Wildman–Crippen LogP) is -12.9. The molecule has 0 aromatic carbocycles. The normalized spacial score (nSPS) is 3.69. The van der Waals surface area contributed by atoms with Crippen LogP contribution >= 0.6 is 0 Å². The van der Waals surface area contributed by atoms with Crippen LogP contribution in [0.15, 0.2) is 0 Å². The first-order valence-corrected chi connectivity index (χ1v) is 3.67. The fraction of sp³-hybridized carbons (Fsp3) is 0. The molecule has 6 nitrogen and oxygen atoms in total. The molecule has 13 heteroatoms. The van der Waals surface area contributed by atoms with E-state index in [1.165, 1.54) is 0 Å². The van der Waals surface area contributed by atoms with E-state index < -0.39 is 18.3 Å². The summed E-state index contributed by atoms with van der Waals surface area (Å²) in [6.07, 6.45) is 0. The monoisotopic (exact) mass is 326 g/mol. The van der Waals surface area contributed by atoms with Crippen LogP contribution in [0.1, 0.15) is 0 Å². The van der Waals surface area contributed by atoms with Gasteiger partial charge in [0.05, 0.1) is 0 Å². The number of hydrogen-bond donors (Lipinski definition) is 0. The van der Waals surface area contributed by atoms with Crippen molar-refractivity contribution in [2.75, 3.05) is 0 Å². The maximum atomic E-state index is 8.52. The molecule has 0 rings (SSSR count). The van der Waals surface area contributed by atoms with Crippen molar-refractivity contribution in [3.8, 4) is 0 Å². The van der Waals surface area contributed by atoms with E-state index in [4.69, 9.17) is 28.1 Å². The Labute approximate surface area is 147 Å². The van der Waals surface area contributed by atoms with Gasteiger partial charge in [-0.2, -0.15) is 0 Å². The van der Waals surface area contributed by atoms with Crippen molar-refractivity contribution in [3.63, 3.8) is 0 Å². The molecule has 0 saturated carbocycles. The van der Waals surface area contributed by atoms with E-state index >= 15 is 0 Å². The van der Waals surface area contributed by atoms with Gasteiger partial charge in [-0.3, -0.25) is 0 Å². The third kappa shape index (κ3) is 458. The number of hydrogen-bond acceptors (Lipinski definition) is 6. The van der Waals surface area contributed by atoms with Gasteiger partial charge in [-0.15, -0.1) is 0 Å². The van der Waals surface area contributed by atoms with Crippen LogP contribution in [0, 0.1) is 0 Å². The first-order valence-electron chi connectivity index (χ1n) is 1.22. The Morgan fingerprint density at radius 1 is 0.692 bits per heavy atom. The summed E-state index contributed by atoms with van der Waals surface area (Å²) in [5.41, 5.74) is 0. The second kappa shape index (κ2) is 36.9. The van der Waals surface area contributed by atoms with Gasteiger partial charge in [-0.05, 0) is 0 Å². The maximum Gasteiger partial charge on any atom is 2.00 e. The molecule has 0 fully saturated rings. The molecule has 0 aromatic heterocycles. The zero-order valence-electron chi connectivity index (χ0n) is 7.31. The zero-order chi connectivity index (χ0) is 7.15. The molecule has 0 aliphatic rings. The molecule has 0 atom stereocenters. The van der Waals surface area contributed by atoms with Gasteiger partial charge < -0.3 is 28.1 Å². The molecule has 0 unspecified atom stereocenters. The minimum absolute atomic E-state index is 0. The van der Waals surface area contributed by atoms with Crippen molar-refractivity contribution in [3.05, 3.63) is 0 Å². The van der Waals surface area contributed by atoms with Gasteiger partial charge >= 0.3 is 86.6 Å². The smallest absolute Gasteiger partial charge is 0.672 e. The van der Waals surface area contributed by atoms with Crippen LogP contribution in [0.2, 0.25) is 0 Å². The molecule has 0 spiro atoms. The van der Waals surface area contributed by atoms with Gasteiger partial charge in [-0.1, -0.05) is 0 Å². The van der Waals surface area contributed by atoms with Gasteiger partial charge in [0.2, 0.25) is 0 Å². The van der Waals surface area contributed by atoms with E-state index in [1.54, 1.807) is 0 Å². The van der Waals surface area contributed by atoms with Gasteiger partial charge in [0.1, 0.15) is 0 Å². The summed E-state index contributed by atoms with van der Waals surface area (Å²) < 4.78 is 17.0. The Kier molecular flexibility index (Phi) is 130. The van der Waals surface area contributed by atoms with Crippen molar-refractivity contribution >= 4 is 84.0 Å². The van der Waals surface area contributed by atoms with Crippen molar-refractivity contribution in [2.24, 2.45) is 0 Å². The molecule has 0 saturated heterocycles. The van der Waals surface area contributed by atoms with Crippen LogP contribution in [0.25, 0.3) is 0 Å². The van der Waals surface area contributed by atoms with Gasteiger partial charge in [0.15, 0.2) is 0 Å². The Morgan fingerprint density at radius 3 is 0.692 bits per heavy atom. The summed E-state index contributed by atoms with van der Waals surface area (Å²) in [7, 11) is -7.26. The Morgan fingerprint density at radius 2 is 0.692 bits per heavy atom. The fourth-order valence-electron chi connectivity index (χ4n) is 0. The molecule has 13 heavy (non-hydrogen) atoms. The molecule has 0 bridgehead atoms. The molecule has 0 N–H and O–H groups in total. The summed E-state index contributed by atoms with van der Waals surface area (Å²) in [6.45, 7) is 0. The van der Waals surface area contributed by atoms with Crippen LogP contribution in [-0.2, 0) is 8.92 Å². The third-order valence-corrected chi connectivity index (χ3v) is 0. The summed E-state index contributed by atoms with van der Waals surface area (Å²) >= 11 is 0. The Bertz CT molecular complexity index is 84.6. The SMILES string of the molecule is O=[Si]([O-])[O-].O=[Si]([O-])[O-].[B].[B].[Ba+2].[Li+].[Li+]. The van der Waals surface area contributed by atoms with E-state index in [-0.39, 0.29) is 103 Å². The van der Waals surface area contributed by atoms with E-state index in [0.29, 0.717) is 0 Å². The summed E-state index contributed by atoms with van der Waals surface area (Å²) in [4.78, 5) is 34.1. The molecule has 0 aromatic rings. The van der Waals surface area contributed by atoms with Crippen molar-refractivity contribution in [1.29, 1.82) is 0 Å². The van der Waals surface area contributed by atoms with E-state index in [9.17, 15) is 0 Å². The molecule has 54 valence electrons. The van der Waals surface area contributed by atoms with Crippen molar-refractivity contribution < 1.29 is 65.8 Å². The summed E-state index contributed by atoms with van der Waals surface area (Å²) in [5, 5.41) is 0. The van der Waals surface area contributed by atoms with E-state index in [2.05, 4.69) is 0 Å². The summed E-state index contributed by atoms with van der Waals surface area (Å²) in [5.74, 6) is 0. The Balaban J connectivity index is -0.00000000800. The van der Waals surface area contributed by atoms with Crippen molar-refractivity contribution in [2.45, 2.75) is 0 Å². The topological polar surface area (TPSA) is 126 Å². The van der Waals surface area contributed by atoms with Crippen LogP contribution in [0.3, 0.4) is 0 Å². The Hall–Kier alpha value is 2.13. The number of rotatable bonds is 0. The predicted molar refractivity (Wildman–Crippen MR) is 30.1 cm³/mol. The standard InChI is InChI=1S/2B.Ba.2Li.2O3Si/c;;;;;2*1-4(2)3/q;;+2;2*+1;2*-2. The largest absolute Gasteiger partial charge is 2.00 e. The van der Waals surface area contributed by atoms with E-state index in [0.717, 1.165) is 0 Å². The molecular weight excluding hydrogens is 325 g/mol.